The molecular weight excluding hydrogens is 398 g/mol. The van der Waals surface area contributed by atoms with E-state index in [1.807, 2.05) is 35.7 Å². The van der Waals surface area contributed by atoms with Crippen molar-refractivity contribution >= 4 is 34.7 Å². The van der Waals surface area contributed by atoms with Crippen LogP contribution in [0.25, 0.3) is 10.4 Å². The highest BCUT2D eigenvalue weighted by molar-refractivity contribution is 7.13. The van der Waals surface area contributed by atoms with Crippen molar-refractivity contribution < 1.29 is 14.4 Å². The molecule has 30 heavy (non-hydrogen) atoms. The molecule has 1 aromatic heterocycles. The summed E-state index contributed by atoms with van der Waals surface area (Å²) in [6.07, 6.45) is 0.391. The molecule has 2 atom stereocenters. The van der Waals surface area contributed by atoms with Crippen molar-refractivity contribution in [2.24, 2.45) is 0 Å². The number of benzene rings is 2. The van der Waals surface area contributed by atoms with Crippen LogP contribution in [0.15, 0.2) is 66.0 Å². The maximum absolute atomic E-state index is 13.3. The molecule has 6 nitrogen and oxygen atoms in total. The van der Waals surface area contributed by atoms with Crippen molar-refractivity contribution in [3.05, 3.63) is 77.2 Å². The van der Waals surface area contributed by atoms with E-state index in [0.717, 1.165) is 10.4 Å². The van der Waals surface area contributed by atoms with E-state index in [-0.39, 0.29) is 23.8 Å². The molecule has 0 unspecified atom stereocenters. The molecule has 0 aliphatic carbocycles. The molecule has 3 aromatic rings. The van der Waals surface area contributed by atoms with Gasteiger partial charge in [0.2, 0.25) is 5.91 Å². The fraction of sp³-hybridized carbons (Fsp3) is 0.174. The summed E-state index contributed by atoms with van der Waals surface area (Å²) in [7, 11) is 0. The standard InChI is InChI=1S/C23H19N3O3S/c27-21(14-5-2-1-3-6-14)24-16-12-19-22(28)25-18-9-8-15(20-7-4-10-30-20)11-17(18)23(29)26(19)13-16/h1-11,16,19H,12-13H2,(H,24,27)(H,25,28)/t16-,19-/m1/s1. The van der Waals surface area contributed by atoms with Gasteiger partial charge < -0.3 is 15.5 Å². The summed E-state index contributed by atoms with van der Waals surface area (Å²) in [5.41, 5.74) is 2.51. The van der Waals surface area contributed by atoms with Crippen LogP contribution in [0.3, 0.4) is 0 Å². The quantitative estimate of drug-likeness (QED) is 0.686. The topological polar surface area (TPSA) is 78.5 Å². The van der Waals surface area contributed by atoms with Gasteiger partial charge in [-0.15, -0.1) is 11.3 Å². The first-order valence-electron chi connectivity index (χ1n) is 9.76. The number of carbonyl (C=O) groups excluding carboxylic acids is 3. The van der Waals surface area contributed by atoms with E-state index < -0.39 is 6.04 Å². The van der Waals surface area contributed by atoms with E-state index in [1.54, 1.807) is 46.6 Å². The third-order valence-electron chi connectivity index (χ3n) is 5.55. The van der Waals surface area contributed by atoms with Gasteiger partial charge in [-0.05, 0) is 47.7 Å². The highest BCUT2D eigenvalue weighted by atomic mass is 32.1. The van der Waals surface area contributed by atoms with Gasteiger partial charge >= 0.3 is 0 Å². The summed E-state index contributed by atoms with van der Waals surface area (Å²) >= 11 is 1.60. The molecule has 150 valence electrons. The fourth-order valence-electron chi connectivity index (χ4n) is 4.07. The number of hydrogen-bond donors (Lipinski definition) is 2. The molecule has 3 amide bonds. The zero-order chi connectivity index (χ0) is 20.7. The summed E-state index contributed by atoms with van der Waals surface area (Å²) in [4.78, 5) is 41.3. The summed E-state index contributed by atoms with van der Waals surface area (Å²) in [5, 5.41) is 7.84. The molecule has 1 fully saturated rings. The zero-order valence-corrected chi connectivity index (χ0v) is 16.8. The minimum Gasteiger partial charge on any atom is -0.347 e. The van der Waals surface area contributed by atoms with Gasteiger partial charge in [0.15, 0.2) is 0 Å². The van der Waals surface area contributed by atoms with Crippen LogP contribution in [0.4, 0.5) is 5.69 Å². The monoisotopic (exact) mass is 417 g/mol. The number of carbonyl (C=O) groups is 3. The molecule has 0 radical (unpaired) electrons. The highest BCUT2D eigenvalue weighted by Gasteiger charge is 2.43. The maximum atomic E-state index is 13.3. The molecule has 3 heterocycles. The first kappa shape index (κ1) is 18.6. The number of rotatable bonds is 3. The van der Waals surface area contributed by atoms with E-state index in [0.29, 0.717) is 29.8 Å². The van der Waals surface area contributed by atoms with Crippen molar-refractivity contribution in [3.8, 4) is 10.4 Å². The molecule has 2 aliphatic rings. The lowest BCUT2D eigenvalue weighted by atomic mass is 10.1. The Morgan fingerprint density at radius 2 is 1.90 bits per heavy atom. The van der Waals surface area contributed by atoms with Crippen molar-refractivity contribution in [3.63, 3.8) is 0 Å². The highest BCUT2D eigenvalue weighted by Crippen LogP contribution is 2.33. The Labute approximate surface area is 177 Å². The molecule has 7 heteroatoms. The Kier molecular flexibility index (Phi) is 4.59. The van der Waals surface area contributed by atoms with Crippen LogP contribution in [-0.2, 0) is 4.79 Å². The van der Waals surface area contributed by atoms with Crippen LogP contribution in [0, 0.1) is 0 Å². The van der Waals surface area contributed by atoms with E-state index in [1.165, 1.54) is 0 Å². The van der Waals surface area contributed by atoms with E-state index in [4.69, 9.17) is 0 Å². The van der Waals surface area contributed by atoms with E-state index in [9.17, 15) is 14.4 Å². The number of anilines is 1. The fourth-order valence-corrected chi connectivity index (χ4v) is 4.79. The molecular formula is C23H19N3O3S. The Bertz CT molecular complexity index is 1130. The first-order valence-corrected chi connectivity index (χ1v) is 10.6. The molecule has 0 saturated carbocycles. The van der Waals surface area contributed by atoms with Crippen molar-refractivity contribution in [2.75, 3.05) is 11.9 Å². The lowest BCUT2D eigenvalue weighted by Gasteiger charge is -2.20. The van der Waals surface area contributed by atoms with Crippen LogP contribution in [0.5, 0.6) is 0 Å². The van der Waals surface area contributed by atoms with E-state index in [2.05, 4.69) is 10.6 Å². The van der Waals surface area contributed by atoms with Crippen LogP contribution >= 0.6 is 11.3 Å². The molecule has 0 spiro atoms. The summed E-state index contributed by atoms with van der Waals surface area (Å²) in [6, 6.07) is 17.6. The van der Waals surface area contributed by atoms with Crippen LogP contribution < -0.4 is 10.6 Å². The normalized spacial score (nSPS) is 20.2. The summed E-state index contributed by atoms with van der Waals surface area (Å²) in [5.74, 6) is -0.614. The Balaban J connectivity index is 1.40. The Morgan fingerprint density at radius 3 is 2.67 bits per heavy atom. The third-order valence-corrected chi connectivity index (χ3v) is 6.47. The Morgan fingerprint density at radius 1 is 1.07 bits per heavy atom. The van der Waals surface area contributed by atoms with Crippen molar-refractivity contribution in [1.82, 2.24) is 10.2 Å². The van der Waals surface area contributed by atoms with Crippen LogP contribution in [0.2, 0.25) is 0 Å². The molecule has 2 aromatic carbocycles. The minimum absolute atomic E-state index is 0.191. The Hall–Kier alpha value is -3.45. The predicted molar refractivity (Wildman–Crippen MR) is 116 cm³/mol. The molecule has 2 aliphatic heterocycles. The maximum Gasteiger partial charge on any atom is 0.256 e. The number of amides is 3. The number of hydrogen-bond acceptors (Lipinski definition) is 4. The second kappa shape index (κ2) is 7.42. The van der Waals surface area contributed by atoms with Crippen molar-refractivity contribution in [1.29, 1.82) is 0 Å². The van der Waals surface area contributed by atoms with Crippen molar-refractivity contribution in [2.45, 2.75) is 18.5 Å². The second-order valence-electron chi connectivity index (χ2n) is 7.47. The molecule has 0 bridgehead atoms. The minimum atomic E-state index is -0.601. The van der Waals surface area contributed by atoms with Gasteiger partial charge in [0.25, 0.3) is 11.8 Å². The lowest BCUT2D eigenvalue weighted by Crippen LogP contribution is -2.41. The number of thiophene rings is 1. The summed E-state index contributed by atoms with van der Waals surface area (Å²) < 4.78 is 0. The third kappa shape index (κ3) is 3.27. The predicted octanol–water partition coefficient (Wildman–Crippen LogP) is 3.38. The molecule has 2 N–H and O–H groups in total. The van der Waals surface area contributed by atoms with Gasteiger partial charge in [-0.25, -0.2) is 0 Å². The van der Waals surface area contributed by atoms with Gasteiger partial charge in [-0.1, -0.05) is 30.3 Å². The SMILES string of the molecule is O=C(N[C@@H]1C[C@@H]2C(=O)Nc3ccc(-c4cccs4)cc3C(=O)N2C1)c1ccccc1. The van der Waals surface area contributed by atoms with Gasteiger partial charge in [0.1, 0.15) is 6.04 Å². The average Bonchev–Trinajstić information content (AvgIpc) is 3.43. The second-order valence-corrected chi connectivity index (χ2v) is 8.42. The smallest absolute Gasteiger partial charge is 0.256 e. The number of fused-ring (bicyclic) bond motifs is 2. The molecule has 5 rings (SSSR count). The van der Waals surface area contributed by atoms with Gasteiger partial charge in [0.05, 0.1) is 11.3 Å². The number of nitrogens with zero attached hydrogens (tertiary/aromatic N) is 1. The van der Waals surface area contributed by atoms with Crippen LogP contribution in [-0.4, -0.2) is 41.2 Å². The number of nitrogens with one attached hydrogen (secondary N) is 2. The largest absolute Gasteiger partial charge is 0.347 e. The van der Waals surface area contributed by atoms with Gasteiger partial charge in [-0.2, -0.15) is 0 Å². The lowest BCUT2D eigenvalue weighted by molar-refractivity contribution is -0.119. The van der Waals surface area contributed by atoms with Gasteiger partial charge in [-0.3, -0.25) is 14.4 Å². The molecule has 1 saturated heterocycles. The average molecular weight is 417 g/mol. The van der Waals surface area contributed by atoms with Gasteiger partial charge in [0, 0.05) is 23.0 Å². The summed E-state index contributed by atoms with van der Waals surface area (Å²) in [6.45, 7) is 0.304. The van der Waals surface area contributed by atoms with E-state index >= 15 is 0 Å². The van der Waals surface area contributed by atoms with Crippen LogP contribution in [0.1, 0.15) is 27.1 Å². The zero-order valence-electron chi connectivity index (χ0n) is 16.0. The first-order chi connectivity index (χ1) is 14.6.